The monoisotopic (exact) mass is 2070 g/mol. The van der Waals surface area contributed by atoms with Crippen molar-refractivity contribution >= 4 is 137 Å². The molecule has 1 aliphatic heterocycles. The van der Waals surface area contributed by atoms with Crippen LogP contribution >= 0.6 is 12.6 Å². The van der Waals surface area contributed by atoms with E-state index in [0.29, 0.717) is 5.56 Å². The van der Waals surface area contributed by atoms with Crippen LogP contribution in [0.5, 0.6) is 5.75 Å². The SMILES string of the molecule is CC[C@H](C)[C@H](NC(=O)CNC(=O)[C@H](Cc1ccc(O)cc1)NC(=O)[C@@H]1CCCN1C(=O)[C@@H](NC(=O)[C@H](CS)NC(=O)[C@@H](NC(=O)[C@@H](NC(=O)[C@H](CC(C)C)NC(=O)[C@@H](N)[C@@H](C)O)C(C)C)[C@@H](C)O)[C@@H](C)O)C(=O)N[C@@H](CC(N)=O)C(=O)N[C@H](C(=O)N[C@@H](Cc1cnc[nH]1)C(=O)N[C@@H](CCCNC(=N)N)C(=O)N[C@@H](CC(C)C)C(=O)N[C@@H](CC(C)C)C(=O)N[C@H](C(=O)N[C@H](C(=O)N[C@@H](C)C(=O)O)[C@@H](C)O)C(C)C)[C@@H](C)O. The average molecular weight is 2070 g/mol. The summed E-state index contributed by atoms with van der Waals surface area (Å²) >= 11 is 4.22. The van der Waals surface area contributed by atoms with E-state index in [1.54, 1.807) is 76.2 Å². The second-order valence-corrected chi connectivity index (χ2v) is 38.8. The lowest BCUT2D eigenvalue weighted by molar-refractivity contribution is -0.144. The molecular formula is C92H153N25O27S. The molecule has 0 saturated carbocycles. The number of carbonyl (C=O) groups is 20. The molecule has 1 aromatic heterocycles. The van der Waals surface area contributed by atoms with Gasteiger partial charge in [0.15, 0.2) is 5.96 Å². The van der Waals surface area contributed by atoms with Gasteiger partial charge in [-0.15, -0.1) is 0 Å². The average Bonchev–Trinajstić information content (AvgIpc) is 1.69. The number of aromatic nitrogens is 2. The van der Waals surface area contributed by atoms with Crippen LogP contribution < -0.4 is 113 Å². The number of hydrogen-bond donors (Lipinski definition) is 31. The fraction of sp³-hybridized carbons (Fsp3) is 0.674. The molecule has 53 heteroatoms. The molecule has 145 heavy (non-hydrogen) atoms. The Morgan fingerprint density at radius 1 is 0.455 bits per heavy atom. The molecule has 2 aromatic rings. The molecule has 0 bridgehead atoms. The number of primary amides is 1. The maximum absolute atomic E-state index is 14.8. The normalized spacial score (nSPS) is 17.3. The van der Waals surface area contributed by atoms with Gasteiger partial charge in [0.1, 0.15) is 115 Å². The van der Waals surface area contributed by atoms with Crippen LogP contribution in [0.4, 0.5) is 0 Å². The Bertz CT molecular complexity index is 4720. The lowest BCUT2D eigenvalue weighted by Gasteiger charge is -2.32. The minimum absolute atomic E-state index is 0.000484. The number of amides is 19. The van der Waals surface area contributed by atoms with E-state index < -0.39 is 306 Å². The Kier molecular flexibility index (Phi) is 53.4. The quantitative estimate of drug-likeness (QED) is 0.0127. The number of carboxylic acid groups (broad SMARTS) is 1. The van der Waals surface area contributed by atoms with Crippen LogP contribution in [0, 0.1) is 40.9 Å². The number of nitrogens with two attached hydrogens (primary N) is 3. The number of carboxylic acids is 1. The molecule has 2 heterocycles. The van der Waals surface area contributed by atoms with Crippen molar-refractivity contribution < 1.29 is 132 Å². The Labute approximate surface area is 847 Å². The van der Waals surface area contributed by atoms with Gasteiger partial charge < -0.3 is 159 Å². The third-order valence-corrected chi connectivity index (χ3v) is 23.8. The van der Waals surface area contributed by atoms with Crippen molar-refractivity contribution in [3.05, 3.63) is 48.0 Å². The number of nitrogens with zero attached hydrogens (tertiary/aromatic N) is 2. The van der Waals surface area contributed by atoms with Crippen LogP contribution in [0.2, 0.25) is 0 Å². The molecule has 0 spiro atoms. The van der Waals surface area contributed by atoms with Crippen molar-refractivity contribution in [1.82, 2.24) is 111 Å². The predicted octanol–water partition coefficient (Wildman–Crippen LogP) is -8.33. The first kappa shape index (κ1) is 126. The number of imidazole rings is 1. The molecule has 0 aliphatic carbocycles. The Balaban J connectivity index is 1.91. The molecule has 3 rings (SSSR count). The van der Waals surface area contributed by atoms with Gasteiger partial charge in [0, 0.05) is 43.6 Å². The number of aliphatic hydroxyl groups is 5. The number of guanidine groups is 1. The fourth-order valence-corrected chi connectivity index (χ4v) is 15.3. The first-order valence-corrected chi connectivity index (χ1v) is 48.8. The van der Waals surface area contributed by atoms with Crippen molar-refractivity contribution in [2.24, 2.45) is 52.7 Å². The van der Waals surface area contributed by atoms with Crippen LogP contribution in [-0.2, 0) is 109 Å². The van der Waals surface area contributed by atoms with E-state index in [-0.39, 0.29) is 100 Å². The molecule has 814 valence electrons. The van der Waals surface area contributed by atoms with E-state index in [1.807, 2.05) is 0 Å². The lowest BCUT2D eigenvalue weighted by Crippen LogP contribution is -2.63. The van der Waals surface area contributed by atoms with Crippen LogP contribution in [0.25, 0.3) is 0 Å². The highest BCUT2D eigenvalue weighted by Gasteiger charge is 2.45. The summed E-state index contributed by atoms with van der Waals surface area (Å²) in [7, 11) is 0. The molecular weight excluding hydrogens is 1920 g/mol. The lowest BCUT2D eigenvalue weighted by atomic mass is 9.97. The molecule has 0 unspecified atom stereocenters. The van der Waals surface area contributed by atoms with Gasteiger partial charge in [-0.3, -0.25) is 101 Å². The maximum atomic E-state index is 14.8. The molecule has 24 atom stereocenters. The van der Waals surface area contributed by atoms with Crippen LogP contribution in [-0.4, -0.2) is 339 Å². The summed E-state index contributed by atoms with van der Waals surface area (Å²) in [6.45, 7) is 25.6. The molecule has 1 fully saturated rings. The van der Waals surface area contributed by atoms with Gasteiger partial charge in [0.05, 0.1) is 49.8 Å². The van der Waals surface area contributed by atoms with Crippen molar-refractivity contribution in [1.29, 1.82) is 5.41 Å². The number of phenols is 1. The number of rotatable bonds is 62. The molecule has 1 aliphatic rings. The standard InChI is InChI=1S/C92H153N25O27S/c1-19-45(12)69(110-65(125)37-99-74(126)59(33-52-24-26-54(123)27-25-52)105-82(134)63-23-21-29-117(63)90(142)73(51(18)122)116-81(133)62(38-145)109-89(141)72(50(17)121)115-85(137)68(44(10)11)112-79(131)58(32-42(6)7)106-83(135)66(94)47(14)118)86(138)108-61(35-64(93)124)80(132)113-71(49(16)120)88(140)107-60(34-53-36-97-39-100-53)77(129)102-55(22-20-28-98-92(95)96)75(127)103-56(30-40(2)3)76(128)104-57(31-41(4)5)78(130)111-67(43(8)9)84(136)114-70(48(15)119)87(139)101-46(13)91(143)144/h24-27,36,39-51,55-63,66-73,118-123,145H,19-23,28-35,37-38,94H2,1-18H3,(H2,93,124)(H,97,100)(H,99,126)(H,101,139)(H,102,129)(H,103,127)(H,104,128)(H,105,134)(H,106,135)(H,107,140)(H,108,138)(H,109,141)(H,110,125)(H,111,130)(H,112,131)(H,113,132)(H,114,136)(H,115,137)(H,116,133)(H,143,144)(H4,95,96,98)/t45-,46-,47+,48+,49+,50+,51+,55-,56-,57-,58-,59-,60-,61-,62-,63-,66-,67-,68-,69-,70-,71-,72-,73-/m0/s1. The van der Waals surface area contributed by atoms with E-state index in [2.05, 4.69) is 118 Å². The molecule has 52 nitrogen and oxygen atoms in total. The third-order valence-electron chi connectivity index (χ3n) is 23.5. The zero-order valence-corrected chi connectivity index (χ0v) is 86.1. The number of likely N-dealkylation sites (tertiary alicyclic amines) is 1. The molecule has 1 saturated heterocycles. The predicted molar refractivity (Wildman–Crippen MR) is 527 cm³/mol. The highest BCUT2D eigenvalue weighted by molar-refractivity contribution is 7.80. The number of hydrogen-bond acceptors (Lipinski definition) is 30. The Morgan fingerprint density at radius 3 is 1.28 bits per heavy atom. The van der Waals surface area contributed by atoms with Gasteiger partial charge in [-0.05, 0) is 140 Å². The number of aliphatic hydroxyl groups excluding tert-OH is 5. The number of aliphatic carboxylic acids is 1. The van der Waals surface area contributed by atoms with Crippen molar-refractivity contribution in [3.63, 3.8) is 0 Å². The summed E-state index contributed by atoms with van der Waals surface area (Å²) in [5.74, 6) is -25.3. The van der Waals surface area contributed by atoms with E-state index in [4.69, 9.17) is 22.6 Å². The fourth-order valence-electron chi connectivity index (χ4n) is 15.0. The maximum Gasteiger partial charge on any atom is 0.325 e. The summed E-state index contributed by atoms with van der Waals surface area (Å²) < 4.78 is 0. The highest BCUT2D eigenvalue weighted by atomic mass is 32.1. The number of aromatic amines is 1. The van der Waals surface area contributed by atoms with Crippen molar-refractivity contribution in [2.75, 3.05) is 25.4 Å². The van der Waals surface area contributed by atoms with E-state index in [1.165, 1.54) is 57.6 Å². The van der Waals surface area contributed by atoms with Gasteiger partial charge in [-0.2, -0.15) is 12.6 Å². The van der Waals surface area contributed by atoms with E-state index in [0.717, 1.165) is 32.6 Å². The van der Waals surface area contributed by atoms with Gasteiger partial charge in [0.2, 0.25) is 112 Å². The number of thiol groups is 1. The van der Waals surface area contributed by atoms with Gasteiger partial charge in [0.25, 0.3) is 0 Å². The summed E-state index contributed by atoms with van der Waals surface area (Å²) in [6.07, 6.45) is -7.37. The number of aromatic hydroxyl groups is 1. The number of benzene rings is 1. The molecule has 19 amide bonds. The number of H-pyrrole nitrogens is 1. The summed E-state index contributed by atoms with van der Waals surface area (Å²) in [5.41, 5.74) is 17.5. The molecule has 1 aromatic carbocycles. The first-order chi connectivity index (χ1) is 67.6. The zero-order chi connectivity index (χ0) is 110. The number of carbonyl (C=O) groups excluding carboxylic acids is 19. The van der Waals surface area contributed by atoms with Crippen LogP contribution in [0.15, 0.2) is 36.8 Å². The zero-order valence-electron chi connectivity index (χ0n) is 85.2. The van der Waals surface area contributed by atoms with Crippen LogP contribution in [0.1, 0.15) is 194 Å². The first-order valence-electron chi connectivity index (χ1n) is 48.2. The van der Waals surface area contributed by atoms with Crippen molar-refractivity contribution in [3.8, 4) is 5.75 Å². The highest BCUT2D eigenvalue weighted by Crippen LogP contribution is 2.23. The molecule has 0 radical (unpaired) electrons. The minimum atomic E-state index is -2.05. The minimum Gasteiger partial charge on any atom is -0.508 e. The summed E-state index contributed by atoms with van der Waals surface area (Å²) in [5, 5.41) is 125. The Morgan fingerprint density at radius 2 is 0.848 bits per heavy atom. The van der Waals surface area contributed by atoms with E-state index in [9.17, 15) is 132 Å². The van der Waals surface area contributed by atoms with Gasteiger partial charge in [-0.1, -0.05) is 102 Å². The summed E-state index contributed by atoms with van der Waals surface area (Å²) in [6, 6.07) is -23.3. The number of nitrogens with one attached hydrogen (secondary N) is 20. The summed E-state index contributed by atoms with van der Waals surface area (Å²) in [4.78, 5) is 287. The van der Waals surface area contributed by atoms with Gasteiger partial charge in [-0.25, -0.2) is 4.98 Å². The second kappa shape index (κ2) is 61.3. The van der Waals surface area contributed by atoms with Crippen molar-refractivity contribution in [2.45, 2.75) is 335 Å². The smallest absolute Gasteiger partial charge is 0.325 e. The Hall–Kier alpha value is -13.0. The molecule has 33 N–H and O–H groups in total. The van der Waals surface area contributed by atoms with Crippen LogP contribution in [0.3, 0.4) is 0 Å². The largest absolute Gasteiger partial charge is 0.508 e. The van der Waals surface area contributed by atoms with Gasteiger partial charge >= 0.3 is 5.97 Å². The van der Waals surface area contributed by atoms with E-state index >= 15 is 0 Å². The number of phenolic OH excluding ortho intramolecular Hbond substituents is 1. The third kappa shape index (κ3) is 42.7. The second-order valence-electron chi connectivity index (χ2n) is 38.4. The topological polar surface area (TPSA) is 833 Å².